The van der Waals surface area contributed by atoms with Gasteiger partial charge in [-0.2, -0.15) is 13.2 Å². The number of alkyl halides is 3. The maximum atomic E-state index is 12.7. The van der Waals surface area contributed by atoms with Crippen LogP contribution in [0.3, 0.4) is 0 Å². The SMILES string of the molecule is O=C(O)CCCN1C(=O)/C(=C/c2ccc(Oc3ccc(C(F)(F)F)cn3)c([N+](=O)[O-])c2)SC1=S. The highest BCUT2D eigenvalue weighted by Gasteiger charge is 2.32. The molecule has 0 spiro atoms. The Balaban J connectivity index is 1.80. The number of carboxylic acids is 1. The molecular weight excluding hydrogens is 499 g/mol. The molecule has 1 N–H and O–H groups in total. The molecule has 2 heterocycles. The molecule has 1 aliphatic rings. The molecule has 1 saturated heterocycles. The number of nitro benzene ring substituents is 1. The van der Waals surface area contributed by atoms with Crippen LogP contribution in [0.1, 0.15) is 24.0 Å². The Morgan fingerprint density at radius 1 is 1.32 bits per heavy atom. The maximum Gasteiger partial charge on any atom is 0.417 e. The lowest BCUT2D eigenvalue weighted by Crippen LogP contribution is -2.29. The van der Waals surface area contributed by atoms with Crippen molar-refractivity contribution in [3.8, 4) is 11.6 Å². The molecular formula is C20H14F3N3O6S2. The molecule has 0 bridgehead atoms. The van der Waals surface area contributed by atoms with Crippen LogP contribution in [-0.4, -0.2) is 42.7 Å². The number of benzene rings is 1. The van der Waals surface area contributed by atoms with Crippen molar-refractivity contribution in [3.63, 3.8) is 0 Å². The summed E-state index contributed by atoms with van der Waals surface area (Å²) >= 11 is 6.14. The molecule has 9 nitrogen and oxygen atoms in total. The lowest BCUT2D eigenvalue weighted by Gasteiger charge is -2.13. The van der Waals surface area contributed by atoms with Crippen molar-refractivity contribution in [2.75, 3.05) is 6.54 Å². The quantitative estimate of drug-likeness (QED) is 0.228. The Morgan fingerprint density at radius 3 is 2.65 bits per heavy atom. The Morgan fingerprint density at radius 2 is 2.06 bits per heavy atom. The van der Waals surface area contributed by atoms with E-state index in [1.165, 1.54) is 23.1 Å². The predicted octanol–water partition coefficient (Wildman–Crippen LogP) is 4.87. The van der Waals surface area contributed by atoms with Crippen LogP contribution in [-0.2, 0) is 15.8 Å². The fourth-order valence-electron chi connectivity index (χ4n) is 2.81. The van der Waals surface area contributed by atoms with E-state index >= 15 is 0 Å². The number of ether oxygens (including phenoxy) is 1. The van der Waals surface area contributed by atoms with E-state index < -0.39 is 34.2 Å². The van der Waals surface area contributed by atoms with Crippen molar-refractivity contribution in [2.24, 2.45) is 0 Å². The first-order chi connectivity index (χ1) is 16.0. The first kappa shape index (κ1) is 25.1. The Labute approximate surface area is 199 Å². The Hall–Kier alpha value is -3.52. The molecule has 1 aliphatic heterocycles. The molecule has 1 aromatic heterocycles. The Bertz CT molecular complexity index is 1190. The fraction of sp³-hybridized carbons (Fsp3) is 0.200. The molecule has 0 unspecified atom stereocenters. The number of hydrogen-bond donors (Lipinski definition) is 1. The van der Waals surface area contributed by atoms with Gasteiger partial charge < -0.3 is 9.84 Å². The molecule has 0 aliphatic carbocycles. The molecule has 14 heteroatoms. The van der Waals surface area contributed by atoms with Crippen LogP contribution in [0.15, 0.2) is 41.4 Å². The number of aliphatic carboxylic acids is 1. The highest BCUT2D eigenvalue weighted by atomic mass is 32.2. The molecule has 1 aromatic carbocycles. The summed E-state index contributed by atoms with van der Waals surface area (Å²) < 4.78 is 43.5. The lowest BCUT2D eigenvalue weighted by atomic mass is 10.1. The lowest BCUT2D eigenvalue weighted by molar-refractivity contribution is -0.385. The van der Waals surface area contributed by atoms with Crippen LogP contribution in [0.2, 0.25) is 0 Å². The molecule has 0 saturated carbocycles. The van der Waals surface area contributed by atoms with Gasteiger partial charge in [-0.1, -0.05) is 30.0 Å². The fourth-order valence-corrected chi connectivity index (χ4v) is 4.12. The van der Waals surface area contributed by atoms with Gasteiger partial charge in [-0.15, -0.1) is 0 Å². The zero-order valence-corrected chi connectivity index (χ0v) is 18.6. The van der Waals surface area contributed by atoms with E-state index in [4.69, 9.17) is 22.1 Å². The number of rotatable bonds is 8. The summed E-state index contributed by atoms with van der Waals surface area (Å²) in [6.45, 7) is 0.126. The topological polar surface area (TPSA) is 123 Å². The minimum absolute atomic E-state index is 0.126. The molecule has 1 amide bonds. The molecule has 34 heavy (non-hydrogen) atoms. The number of carbonyl (C=O) groups is 2. The van der Waals surface area contributed by atoms with Crippen molar-refractivity contribution in [2.45, 2.75) is 19.0 Å². The standard InChI is InChI=1S/C20H14F3N3O6S2/c21-20(22,23)12-4-6-16(24-10-12)32-14-5-3-11(8-13(14)26(30)31)9-15-18(29)25(19(33)34-15)7-1-2-17(27)28/h3-6,8-10H,1-2,7H2,(H,27,28)/b15-9-. The van der Waals surface area contributed by atoms with Gasteiger partial charge in [0, 0.05) is 31.3 Å². The van der Waals surface area contributed by atoms with Crippen molar-refractivity contribution >= 4 is 51.9 Å². The normalized spacial score (nSPS) is 15.1. The van der Waals surface area contributed by atoms with Gasteiger partial charge in [-0.3, -0.25) is 24.6 Å². The minimum atomic E-state index is -4.59. The van der Waals surface area contributed by atoms with Gasteiger partial charge >= 0.3 is 17.8 Å². The number of aromatic nitrogens is 1. The summed E-state index contributed by atoms with van der Waals surface area (Å²) in [5.74, 6) is -1.97. The number of carboxylic acid groups (broad SMARTS) is 1. The van der Waals surface area contributed by atoms with Crippen molar-refractivity contribution < 1.29 is 37.5 Å². The van der Waals surface area contributed by atoms with Gasteiger partial charge in [0.25, 0.3) is 5.91 Å². The summed E-state index contributed by atoms with van der Waals surface area (Å²) in [4.78, 5) is 39.0. The number of thioether (sulfide) groups is 1. The Kier molecular flexibility index (Phi) is 7.51. The minimum Gasteiger partial charge on any atom is -0.481 e. The van der Waals surface area contributed by atoms with Gasteiger partial charge in [0.1, 0.15) is 4.32 Å². The first-order valence-corrected chi connectivity index (χ1v) is 10.6. The van der Waals surface area contributed by atoms with E-state index in [9.17, 15) is 32.9 Å². The number of amides is 1. The monoisotopic (exact) mass is 513 g/mol. The van der Waals surface area contributed by atoms with E-state index in [0.29, 0.717) is 6.20 Å². The number of halogens is 3. The van der Waals surface area contributed by atoms with Crippen molar-refractivity contribution in [1.29, 1.82) is 0 Å². The van der Waals surface area contributed by atoms with Crippen molar-refractivity contribution in [3.05, 3.63) is 62.7 Å². The second-order valence-electron chi connectivity index (χ2n) is 6.80. The average Bonchev–Trinajstić information content (AvgIpc) is 3.01. The average molecular weight is 513 g/mol. The molecule has 2 aromatic rings. The summed E-state index contributed by atoms with van der Waals surface area (Å²) in [5.41, 5.74) is -1.21. The van der Waals surface area contributed by atoms with Crippen molar-refractivity contribution in [1.82, 2.24) is 9.88 Å². The number of nitro groups is 1. The number of carbonyl (C=O) groups excluding carboxylic acids is 1. The van der Waals surface area contributed by atoms with Crippen LogP contribution in [0.5, 0.6) is 11.6 Å². The summed E-state index contributed by atoms with van der Waals surface area (Å²) in [6, 6.07) is 5.47. The van der Waals surface area contributed by atoms with Crippen LogP contribution in [0, 0.1) is 10.1 Å². The summed E-state index contributed by atoms with van der Waals surface area (Å²) in [6.07, 6.45) is -2.56. The van der Waals surface area contributed by atoms with E-state index in [1.54, 1.807) is 0 Å². The van der Waals surface area contributed by atoms with Crippen LogP contribution in [0.25, 0.3) is 6.08 Å². The highest BCUT2D eigenvalue weighted by molar-refractivity contribution is 8.26. The van der Waals surface area contributed by atoms with E-state index in [1.807, 2.05) is 0 Å². The third kappa shape index (κ3) is 6.08. The third-order valence-corrected chi connectivity index (χ3v) is 5.78. The highest BCUT2D eigenvalue weighted by Crippen LogP contribution is 2.36. The van der Waals surface area contributed by atoms with E-state index in [-0.39, 0.29) is 45.8 Å². The first-order valence-electron chi connectivity index (χ1n) is 9.42. The van der Waals surface area contributed by atoms with E-state index in [2.05, 4.69) is 4.98 Å². The second-order valence-corrected chi connectivity index (χ2v) is 8.48. The maximum absolute atomic E-state index is 12.7. The summed E-state index contributed by atoms with van der Waals surface area (Å²) in [7, 11) is 0. The molecule has 0 atom stereocenters. The smallest absolute Gasteiger partial charge is 0.417 e. The second kappa shape index (κ2) is 10.2. The van der Waals surface area contributed by atoms with Gasteiger partial charge in [0.05, 0.1) is 15.4 Å². The van der Waals surface area contributed by atoms with Gasteiger partial charge in [-0.05, 0) is 30.2 Å². The van der Waals surface area contributed by atoms with Gasteiger partial charge in [0.15, 0.2) is 0 Å². The van der Waals surface area contributed by atoms with Crippen LogP contribution >= 0.6 is 24.0 Å². The third-order valence-electron chi connectivity index (χ3n) is 4.40. The van der Waals surface area contributed by atoms with Gasteiger partial charge in [0.2, 0.25) is 11.6 Å². The van der Waals surface area contributed by atoms with Crippen LogP contribution < -0.4 is 4.74 Å². The molecule has 3 rings (SSSR count). The molecule has 178 valence electrons. The number of pyridine rings is 1. The summed E-state index contributed by atoms with van der Waals surface area (Å²) in [5, 5.41) is 20.2. The number of nitrogens with zero attached hydrogens (tertiary/aromatic N) is 3. The zero-order valence-electron chi connectivity index (χ0n) is 16.9. The molecule has 0 radical (unpaired) electrons. The van der Waals surface area contributed by atoms with Crippen LogP contribution in [0.4, 0.5) is 18.9 Å². The van der Waals surface area contributed by atoms with Gasteiger partial charge in [-0.25, -0.2) is 4.98 Å². The number of thiocarbonyl (C=S) groups is 1. The van der Waals surface area contributed by atoms with E-state index in [0.717, 1.165) is 30.0 Å². The largest absolute Gasteiger partial charge is 0.481 e. The predicted molar refractivity (Wildman–Crippen MR) is 119 cm³/mol. The molecule has 1 fully saturated rings. The number of hydrogen-bond acceptors (Lipinski definition) is 8. The zero-order chi connectivity index (χ0) is 25.0.